The molecule has 0 aliphatic rings. The van der Waals surface area contributed by atoms with Gasteiger partial charge in [-0.3, -0.25) is 4.79 Å². The lowest BCUT2D eigenvalue weighted by Crippen LogP contribution is -2.54. The number of nitrogens with two attached hydrogens (primary N) is 1. The molecular formula is C10H19N3O5. The third-order valence-corrected chi connectivity index (χ3v) is 2.43. The Morgan fingerprint density at radius 3 is 2.39 bits per heavy atom. The maximum absolute atomic E-state index is 11.6. The molecule has 0 saturated heterocycles. The summed E-state index contributed by atoms with van der Waals surface area (Å²) in [6.45, 7) is 2.89. The number of nitrogens with zero attached hydrogens (tertiary/aromatic N) is 1. The molecule has 4 N–H and O–H groups in total. The summed E-state index contributed by atoms with van der Waals surface area (Å²) in [6.07, 6.45) is 0. The normalized spacial score (nSPS) is 10.8. The fourth-order valence-corrected chi connectivity index (χ4v) is 0.919. The summed E-state index contributed by atoms with van der Waals surface area (Å²) in [7, 11) is 1.38. The zero-order valence-electron chi connectivity index (χ0n) is 10.7. The molecule has 18 heavy (non-hydrogen) atoms. The van der Waals surface area contributed by atoms with E-state index in [0.29, 0.717) is 0 Å². The lowest BCUT2D eigenvalue weighted by molar-refractivity contribution is -0.146. The molecule has 0 aliphatic carbocycles. The van der Waals surface area contributed by atoms with Crippen molar-refractivity contribution in [3.63, 3.8) is 0 Å². The molecule has 0 aromatic carbocycles. The van der Waals surface area contributed by atoms with Gasteiger partial charge < -0.3 is 25.8 Å². The van der Waals surface area contributed by atoms with Crippen LogP contribution in [0.25, 0.3) is 0 Å². The fraction of sp³-hybridized carbons (Fsp3) is 0.700. The summed E-state index contributed by atoms with van der Waals surface area (Å²) in [5.41, 5.74) is 3.54. The molecule has 0 aliphatic heterocycles. The molecule has 0 unspecified atom stereocenters. The topological polar surface area (TPSA) is 122 Å². The molecule has 8 nitrogen and oxygen atoms in total. The van der Waals surface area contributed by atoms with Crippen LogP contribution in [0.5, 0.6) is 0 Å². The van der Waals surface area contributed by atoms with Gasteiger partial charge in [-0.05, 0) is 13.8 Å². The number of likely N-dealkylation sites (N-methyl/N-ethyl adjacent to an activating group) is 1. The SMILES string of the molecule is CN(C(=O)NCCOCC(N)=O)C(C)(C)C(=O)O. The molecule has 0 rings (SSSR count). The Kier molecular flexibility index (Phi) is 6.11. The molecule has 0 saturated carbocycles. The summed E-state index contributed by atoms with van der Waals surface area (Å²) >= 11 is 0. The van der Waals surface area contributed by atoms with Crippen molar-refractivity contribution < 1.29 is 24.2 Å². The van der Waals surface area contributed by atoms with E-state index in [9.17, 15) is 14.4 Å². The predicted molar refractivity (Wildman–Crippen MR) is 62.9 cm³/mol. The summed E-state index contributed by atoms with van der Waals surface area (Å²) in [5, 5.41) is 11.4. The van der Waals surface area contributed by atoms with Crippen LogP contribution in [0.15, 0.2) is 0 Å². The van der Waals surface area contributed by atoms with Gasteiger partial charge in [0.1, 0.15) is 12.1 Å². The maximum atomic E-state index is 11.6. The second-order valence-electron chi connectivity index (χ2n) is 4.17. The van der Waals surface area contributed by atoms with Crippen molar-refractivity contribution in [1.82, 2.24) is 10.2 Å². The quantitative estimate of drug-likeness (QED) is 0.507. The highest BCUT2D eigenvalue weighted by Crippen LogP contribution is 2.11. The standard InChI is InChI=1S/C10H19N3O5/c1-10(2,8(15)16)13(3)9(17)12-4-5-18-6-7(11)14/h4-6H2,1-3H3,(H2,11,14)(H,12,17)(H,15,16). The van der Waals surface area contributed by atoms with Crippen LogP contribution >= 0.6 is 0 Å². The number of ether oxygens (including phenoxy) is 1. The van der Waals surface area contributed by atoms with Crippen LogP contribution in [0, 0.1) is 0 Å². The number of rotatable bonds is 7. The number of urea groups is 1. The van der Waals surface area contributed by atoms with Gasteiger partial charge in [0.05, 0.1) is 6.61 Å². The van der Waals surface area contributed by atoms with E-state index in [-0.39, 0.29) is 19.8 Å². The fourth-order valence-electron chi connectivity index (χ4n) is 0.919. The monoisotopic (exact) mass is 261 g/mol. The zero-order valence-corrected chi connectivity index (χ0v) is 10.7. The molecule has 0 heterocycles. The molecule has 0 spiro atoms. The second kappa shape index (κ2) is 6.80. The Bertz CT molecular complexity index is 329. The Balaban J connectivity index is 4.03. The molecule has 8 heteroatoms. The van der Waals surface area contributed by atoms with Gasteiger partial charge in [0.2, 0.25) is 5.91 Å². The van der Waals surface area contributed by atoms with Crippen molar-refractivity contribution >= 4 is 17.9 Å². The van der Waals surface area contributed by atoms with Gasteiger partial charge in [-0.15, -0.1) is 0 Å². The van der Waals surface area contributed by atoms with Crippen molar-refractivity contribution in [3.05, 3.63) is 0 Å². The molecule has 104 valence electrons. The van der Waals surface area contributed by atoms with Crippen LogP contribution in [0.1, 0.15) is 13.8 Å². The van der Waals surface area contributed by atoms with Gasteiger partial charge in [0.15, 0.2) is 0 Å². The minimum atomic E-state index is -1.31. The number of hydrogen-bond donors (Lipinski definition) is 3. The number of amides is 3. The number of carbonyl (C=O) groups excluding carboxylic acids is 2. The number of aliphatic carboxylic acids is 1. The molecule has 0 bridgehead atoms. The van der Waals surface area contributed by atoms with Crippen molar-refractivity contribution in [2.45, 2.75) is 19.4 Å². The maximum Gasteiger partial charge on any atom is 0.329 e. The summed E-state index contributed by atoms with van der Waals surface area (Å²) in [5.74, 6) is -1.70. The van der Waals surface area contributed by atoms with E-state index in [1.165, 1.54) is 20.9 Å². The van der Waals surface area contributed by atoms with Crippen LogP contribution in [-0.4, -0.2) is 60.3 Å². The highest BCUT2D eigenvalue weighted by Gasteiger charge is 2.34. The third kappa shape index (κ3) is 5.00. The summed E-state index contributed by atoms with van der Waals surface area (Å²) in [6, 6.07) is -0.537. The van der Waals surface area contributed by atoms with E-state index in [1.807, 2.05) is 0 Å². The van der Waals surface area contributed by atoms with Gasteiger partial charge in [0, 0.05) is 13.6 Å². The number of primary amides is 1. The smallest absolute Gasteiger partial charge is 0.329 e. The van der Waals surface area contributed by atoms with Crippen LogP contribution < -0.4 is 11.1 Å². The average Bonchev–Trinajstić information content (AvgIpc) is 2.26. The first-order valence-electron chi connectivity index (χ1n) is 5.30. The predicted octanol–water partition coefficient (Wildman–Crippen LogP) is -1.01. The molecular weight excluding hydrogens is 242 g/mol. The largest absolute Gasteiger partial charge is 0.480 e. The van der Waals surface area contributed by atoms with Gasteiger partial charge in [0.25, 0.3) is 0 Å². The van der Waals surface area contributed by atoms with E-state index in [2.05, 4.69) is 5.32 Å². The minimum absolute atomic E-state index is 0.121. The number of carboxylic acids is 1. The molecule has 0 fully saturated rings. The molecule has 0 aromatic rings. The van der Waals surface area contributed by atoms with E-state index in [0.717, 1.165) is 4.90 Å². The molecule has 0 radical (unpaired) electrons. The molecule has 0 atom stereocenters. The van der Waals surface area contributed by atoms with Crippen molar-refractivity contribution in [2.24, 2.45) is 5.73 Å². The Morgan fingerprint density at radius 2 is 1.94 bits per heavy atom. The van der Waals surface area contributed by atoms with E-state index in [4.69, 9.17) is 15.6 Å². The lowest BCUT2D eigenvalue weighted by Gasteiger charge is -2.31. The highest BCUT2D eigenvalue weighted by molar-refractivity contribution is 5.85. The van der Waals surface area contributed by atoms with Crippen molar-refractivity contribution in [3.8, 4) is 0 Å². The first-order valence-corrected chi connectivity index (χ1v) is 5.30. The average molecular weight is 261 g/mol. The van der Waals surface area contributed by atoms with Crippen LogP contribution in [-0.2, 0) is 14.3 Å². The zero-order chi connectivity index (χ0) is 14.3. The number of carbonyl (C=O) groups is 3. The lowest BCUT2D eigenvalue weighted by atomic mass is 10.1. The highest BCUT2D eigenvalue weighted by atomic mass is 16.5. The molecule has 0 aromatic heterocycles. The van der Waals surface area contributed by atoms with Crippen LogP contribution in [0.4, 0.5) is 4.79 Å². The summed E-state index contributed by atoms with van der Waals surface area (Å²) < 4.78 is 4.83. The number of nitrogens with one attached hydrogen (secondary N) is 1. The minimum Gasteiger partial charge on any atom is -0.480 e. The van der Waals surface area contributed by atoms with Crippen molar-refractivity contribution in [2.75, 3.05) is 26.8 Å². The van der Waals surface area contributed by atoms with Gasteiger partial charge in [-0.1, -0.05) is 0 Å². The Labute approximate surface area is 105 Å². The van der Waals surface area contributed by atoms with Gasteiger partial charge in [-0.2, -0.15) is 0 Å². The second-order valence-corrected chi connectivity index (χ2v) is 4.17. The van der Waals surface area contributed by atoms with Crippen LogP contribution in [0.3, 0.4) is 0 Å². The third-order valence-electron chi connectivity index (χ3n) is 2.43. The first kappa shape index (κ1) is 16.2. The molecule has 3 amide bonds. The van der Waals surface area contributed by atoms with E-state index in [1.54, 1.807) is 0 Å². The summed E-state index contributed by atoms with van der Waals surface area (Å²) in [4.78, 5) is 33.9. The Hall–Kier alpha value is -1.83. The first-order chi connectivity index (χ1) is 8.19. The van der Waals surface area contributed by atoms with E-state index >= 15 is 0 Å². The number of carboxylic acid groups (broad SMARTS) is 1. The van der Waals surface area contributed by atoms with Gasteiger partial charge in [-0.25, -0.2) is 9.59 Å². The van der Waals surface area contributed by atoms with Gasteiger partial charge >= 0.3 is 12.0 Å². The van der Waals surface area contributed by atoms with E-state index < -0.39 is 23.4 Å². The van der Waals surface area contributed by atoms with Crippen LogP contribution in [0.2, 0.25) is 0 Å². The van der Waals surface area contributed by atoms with Crippen molar-refractivity contribution in [1.29, 1.82) is 0 Å². The Morgan fingerprint density at radius 1 is 1.39 bits per heavy atom. The number of hydrogen-bond acceptors (Lipinski definition) is 4.